The monoisotopic (exact) mass is 1840 g/mol. The maximum Gasteiger partial charge on any atom is 0.416 e. The molecule has 0 aromatic heterocycles. The van der Waals surface area contributed by atoms with Crippen molar-refractivity contribution in [3.63, 3.8) is 0 Å². The molecule has 8 aromatic carbocycles. The molecule has 12 amide bonds. The molecule has 133 heavy (non-hydrogen) atoms. The average Bonchev–Trinajstić information content (AvgIpc) is 1.54. The van der Waals surface area contributed by atoms with Crippen LogP contribution >= 0.6 is 11.6 Å². The number of fused-ring (bicyclic) bond motifs is 20. The van der Waals surface area contributed by atoms with Crippen LogP contribution in [-0.2, 0) is 76.3 Å². The molecule has 694 valence electrons. The van der Waals surface area contributed by atoms with Gasteiger partial charge in [0.05, 0.1) is 136 Å². The van der Waals surface area contributed by atoms with E-state index in [1.165, 1.54) is 34.9 Å². The zero-order chi connectivity index (χ0) is 94.9. The Morgan fingerprint density at radius 1 is 0.391 bits per heavy atom. The normalized spacial score (nSPS) is 27.7. The highest BCUT2D eigenvalue weighted by molar-refractivity contribution is 6.32. The van der Waals surface area contributed by atoms with Crippen LogP contribution in [0.1, 0.15) is 138 Å². The molecular formula is C99H97ClF4N8O21. The number of urea groups is 4. The molecule has 0 N–H and O–H groups in total. The fraction of sp³-hybridized carbons (Fsp3) is 0.394. The number of hydrogen-bond donors (Lipinski definition) is 0. The van der Waals surface area contributed by atoms with E-state index in [9.17, 15) is 75.1 Å². The molecule has 8 fully saturated rings. The zero-order valence-electron chi connectivity index (χ0n) is 74.8. The van der Waals surface area contributed by atoms with Crippen LogP contribution in [0.5, 0.6) is 28.7 Å². The molecule has 20 rings (SSSR count). The summed E-state index contributed by atoms with van der Waals surface area (Å²) in [5.74, 6) is -7.15. The van der Waals surface area contributed by atoms with Crippen molar-refractivity contribution in [1.29, 1.82) is 0 Å². The largest absolute Gasteiger partial charge is 0.497 e. The van der Waals surface area contributed by atoms with Gasteiger partial charge in [-0.05, 0) is 195 Å². The lowest BCUT2D eigenvalue weighted by Crippen LogP contribution is -2.51. The van der Waals surface area contributed by atoms with Crippen molar-refractivity contribution in [1.82, 2.24) is 19.6 Å². The van der Waals surface area contributed by atoms with Crippen molar-refractivity contribution in [2.24, 2.45) is 47.3 Å². The van der Waals surface area contributed by atoms with Crippen molar-refractivity contribution in [2.45, 2.75) is 142 Å². The number of benzene rings is 8. The van der Waals surface area contributed by atoms with Gasteiger partial charge < -0.3 is 62.2 Å². The van der Waals surface area contributed by atoms with Gasteiger partial charge in [-0.2, -0.15) is 13.2 Å². The lowest BCUT2D eigenvalue weighted by Gasteiger charge is -2.34. The molecule has 8 saturated heterocycles. The Hall–Kier alpha value is -13.6. The number of carbonyl (C=O) groups excluding carboxylic acids is 12. The molecule has 0 unspecified atom stereocenters. The van der Waals surface area contributed by atoms with E-state index < -0.39 is 183 Å². The van der Waals surface area contributed by atoms with Gasteiger partial charge in [0.2, 0.25) is 0 Å². The van der Waals surface area contributed by atoms with Crippen LogP contribution in [0.4, 0.5) is 59.5 Å². The number of halogens is 5. The van der Waals surface area contributed by atoms with Gasteiger partial charge in [0.25, 0.3) is 23.6 Å². The third kappa shape index (κ3) is 14.2. The number of aryl methyl sites for hydroxylation is 3. The Morgan fingerprint density at radius 2 is 0.737 bits per heavy atom. The molecule has 0 spiro atoms. The fourth-order valence-corrected chi connectivity index (χ4v) is 22.4. The second kappa shape index (κ2) is 34.5. The first-order valence-corrected chi connectivity index (χ1v) is 44.6. The van der Waals surface area contributed by atoms with Crippen molar-refractivity contribution >= 4 is 106 Å². The third-order valence-corrected chi connectivity index (χ3v) is 28.4. The Labute approximate surface area is 767 Å². The van der Waals surface area contributed by atoms with Gasteiger partial charge in [-0.25, -0.2) is 43.2 Å². The predicted octanol–water partition coefficient (Wildman–Crippen LogP) is 15.9. The summed E-state index contributed by atoms with van der Waals surface area (Å²) in [6.45, 7) is 20.6. The summed E-state index contributed by atoms with van der Waals surface area (Å²) in [7, 11) is 1.55. The lowest BCUT2D eigenvalue weighted by atomic mass is 9.77. The Kier molecular flexibility index (Phi) is 23.7. The molecule has 0 saturated carbocycles. The minimum absolute atomic E-state index is 0.00129. The number of alkyl halides is 3. The van der Waals surface area contributed by atoms with E-state index >= 15 is 0 Å². The number of methoxy groups -OCH3 is 1. The van der Waals surface area contributed by atoms with E-state index in [0.29, 0.717) is 50.7 Å². The third-order valence-electron chi connectivity index (χ3n) is 28.1. The van der Waals surface area contributed by atoms with Gasteiger partial charge in [-0.3, -0.25) is 38.4 Å². The molecule has 0 bridgehead atoms. The Bertz CT molecular complexity index is 6130. The quantitative estimate of drug-likeness (QED) is 0.0398. The highest BCUT2D eigenvalue weighted by Gasteiger charge is 2.77. The van der Waals surface area contributed by atoms with E-state index in [-0.39, 0.29) is 64.2 Å². The van der Waals surface area contributed by atoms with Gasteiger partial charge in [-0.1, -0.05) is 97.7 Å². The van der Waals surface area contributed by atoms with Crippen LogP contribution < -0.4 is 43.3 Å². The van der Waals surface area contributed by atoms with Crippen LogP contribution in [0.25, 0.3) is 0 Å². The molecule has 0 radical (unpaired) electrons. The Morgan fingerprint density at radius 3 is 1.11 bits per heavy atom. The van der Waals surface area contributed by atoms with Gasteiger partial charge in [0.15, 0.2) is 0 Å². The van der Waals surface area contributed by atoms with Crippen LogP contribution in [0, 0.1) is 60.1 Å². The first-order chi connectivity index (χ1) is 63.6. The molecule has 8 aromatic rings. The maximum atomic E-state index is 13.9. The summed E-state index contributed by atoms with van der Waals surface area (Å²) in [6.07, 6.45) is -2.96. The van der Waals surface area contributed by atoms with E-state index in [1.807, 2.05) is 99.6 Å². The number of hydrogen-bond acceptors (Lipinski definition) is 21. The number of ether oxygens (including phenoxy) is 9. The molecule has 29 nitrogen and oxygen atoms in total. The summed E-state index contributed by atoms with van der Waals surface area (Å²) >= 11 is 6.12. The van der Waals surface area contributed by atoms with Crippen LogP contribution in [0.15, 0.2) is 176 Å². The van der Waals surface area contributed by atoms with E-state index in [2.05, 4.69) is 0 Å². The molecule has 0 aliphatic carbocycles. The van der Waals surface area contributed by atoms with Crippen molar-refractivity contribution in [3.05, 3.63) is 231 Å². The molecular weight excluding hydrogens is 1750 g/mol. The maximum absolute atomic E-state index is 13.9. The minimum Gasteiger partial charge on any atom is -0.497 e. The van der Waals surface area contributed by atoms with Gasteiger partial charge in [0.1, 0.15) is 56.7 Å². The zero-order valence-corrected chi connectivity index (χ0v) is 75.5. The minimum atomic E-state index is -4.56. The highest BCUT2D eigenvalue weighted by Crippen LogP contribution is 2.64. The summed E-state index contributed by atoms with van der Waals surface area (Å²) in [6, 6.07) is 42.7. The summed E-state index contributed by atoms with van der Waals surface area (Å²) in [4.78, 5) is 173. The second-order valence-corrected chi connectivity index (χ2v) is 35.5. The topological polar surface area (TPSA) is 314 Å². The first kappa shape index (κ1) is 91.3. The molecule has 16 atom stereocenters. The van der Waals surface area contributed by atoms with E-state index in [1.54, 1.807) is 114 Å². The number of amides is 12. The standard InChI is InChI=1S/C26H25F3N2O5.C25H25FN2O5.C25H26N2O6.C23H21ClN2O5/c1-4-14-6-11-17-19(12-14)36-13-18-20(22(32)35-5-2)25(3)23(33)30(24(34)31(25)21(17)18)16-9-7-15(8-10-16)26(27,28)29;1-4-14-9-10-17-19(11-14)33-13-18-20(22(29)32-5-2)25(3)23(30)27(24(31)28(25)21(17)18)16-8-6-7-15(26)12-16;1-5-32-22(28)20-18-13-33-19-11-6-14(2)12-17(19)21(18)27-24(30)26(23(29)25(20,27)3)15-7-9-16(31-4)10-8-15;1-3-30-20(27)18-16-12-31-17-10-5-4-9-15(17)19(16)26-22(29)25(21(28)23(18,26)2)14-8-6-7-13(24)11-14/h6-12,18,20-21H,4-5,13H2,1-3H3;6-12,18,20-21H,4-5,13H2,1-3H3;6-12,18,20-21H,5,13H2,1-4H3;4-11,16,18-19H,3,12H2,1-2H3/t18-,20+,21+,25-;2*18-,20+,21+,25+;16-,18+,19+,23-/m1111/s1. The summed E-state index contributed by atoms with van der Waals surface area (Å²) in [5, 5.41) is 0.409. The number of esters is 4. The van der Waals surface area contributed by atoms with E-state index in [0.717, 1.165) is 96.2 Å². The molecule has 12 heterocycles. The fourth-order valence-electron chi connectivity index (χ4n) is 22.2. The van der Waals surface area contributed by atoms with Gasteiger partial charge >= 0.3 is 54.2 Å². The number of carbonyl (C=O) groups is 12. The second-order valence-electron chi connectivity index (χ2n) is 35.1. The number of para-hydroxylation sites is 1. The number of nitrogens with zero attached hydrogens (tertiary/aromatic N) is 8. The number of rotatable bonds is 15. The van der Waals surface area contributed by atoms with Crippen molar-refractivity contribution in [2.75, 3.05) is 79.6 Å². The first-order valence-electron chi connectivity index (χ1n) is 44.2. The van der Waals surface area contributed by atoms with Crippen LogP contribution in [0.3, 0.4) is 0 Å². The number of anilines is 4. The smallest absolute Gasteiger partial charge is 0.416 e. The Balaban J connectivity index is 0.000000124. The molecule has 12 aliphatic heterocycles. The molecule has 34 heteroatoms. The summed E-state index contributed by atoms with van der Waals surface area (Å²) < 4.78 is 104. The van der Waals surface area contributed by atoms with Gasteiger partial charge in [-0.15, -0.1) is 0 Å². The van der Waals surface area contributed by atoms with Crippen molar-refractivity contribution in [3.8, 4) is 28.7 Å². The summed E-state index contributed by atoms with van der Waals surface area (Å²) in [5.41, 5.74) is 0.295. The van der Waals surface area contributed by atoms with Crippen molar-refractivity contribution < 1.29 is 118 Å². The SMILES string of the molecule is CCOC(=O)[C@@H]1[C@H]2COc3cc(CC)ccc3[C@@H]2N2C(=O)N(c3ccc(C(F)(F)F)cc3)C(=O)[C@@]12C.CCOC(=O)[C@@H]1[C@H]2COc3cc(CC)ccc3[C@@H]2N2C(=O)N(c3cccc(F)c3)C(=O)[C@]12C.CCOC(=O)[C@@H]1[C@H]2COc3ccc(C)cc3[C@@H]2N2C(=O)N(c3ccc(OC)cc3)C(=O)[C@]12C.CCOC(=O)[C@@H]1[C@H]2COc3ccccc3[C@@H]2N2C(=O)N(c3cccc(Cl)c3)C(=O)[C@@]12C. The number of imide groups is 4. The lowest BCUT2D eigenvalue weighted by molar-refractivity contribution is -0.155. The highest BCUT2D eigenvalue weighted by atomic mass is 35.5. The van der Waals surface area contributed by atoms with Gasteiger partial charge in [0, 0.05) is 50.9 Å². The van der Waals surface area contributed by atoms with Crippen LogP contribution in [-0.4, -0.2) is 173 Å². The van der Waals surface area contributed by atoms with Crippen LogP contribution in [0.2, 0.25) is 5.02 Å². The van der Waals surface area contributed by atoms with E-state index in [4.69, 9.17) is 54.2 Å². The predicted molar refractivity (Wildman–Crippen MR) is 471 cm³/mol. The molecule has 12 aliphatic rings. The average molecular weight is 1850 g/mol.